The Hall–Kier alpha value is -2.50. The second-order valence-corrected chi connectivity index (χ2v) is 4.12. The molecule has 0 saturated heterocycles. The van der Waals surface area contributed by atoms with Crippen molar-refractivity contribution in [2.75, 3.05) is 11.9 Å². The topological polar surface area (TPSA) is 77.3 Å². The maximum absolute atomic E-state index is 11.3. The number of hydrogen-bond donors (Lipinski definition) is 1. The summed E-state index contributed by atoms with van der Waals surface area (Å²) in [7, 11) is 3.34. The fraction of sp³-hybridized carbons (Fsp3) is 0.167. The van der Waals surface area contributed by atoms with Gasteiger partial charge in [-0.1, -0.05) is 12.1 Å². The van der Waals surface area contributed by atoms with E-state index in [1.807, 2.05) is 24.3 Å². The number of rotatable bonds is 1. The number of fused-ring (bicyclic) bond motifs is 3. The number of furan rings is 1. The number of amides is 2. The number of carbonyl (C=O) groups excluding carboxylic acids is 1. The minimum Gasteiger partial charge on any atom is -0.450 e. The van der Waals surface area contributed by atoms with Gasteiger partial charge in [-0.15, -0.1) is 0 Å². The number of urea groups is 1. The van der Waals surface area contributed by atoms with Crippen molar-refractivity contribution in [1.82, 2.24) is 9.78 Å². The summed E-state index contributed by atoms with van der Waals surface area (Å²) in [6.45, 7) is 0. The second kappa shape index (κ2) is 3.49. The fourth-order valence-corrected chi connectivity index (χ4v) is 2.10. The number of para-hydroxylation sites is 1. The SMILES string of the molecule is CN(C(N)=O)c1c2oc3ccccc3c2nn1C. The molecule has 92 valence electrons. The summed E-state index contributed by atoms with van der Waals surface area (Å²) in [5, 5.41) is 5.30. The quantitative estimate of drug-likeness (QED) is 0.709. The van der Waals surface area contributed by atoms with E-state index in [1.54, 1.807) is 18.8 Å². The zero-order chi connectivity index (χ0) is 12.9. The minimum atomic E-state index is -0.555. The van der Waals surface area contributed by atoms with E-state index in [1.165, 1.54) is 4.90 Å². The summed E-state index contributed by atoms with van der Waals surface area (Å²) < 4.78 is 7.33. The van der Waals surface area contributed by atoms with Crippen molar-refractivity contribution < 1.29 is 9.21 Å². The highest BCUT2D eigenvalue weighted by Crippen LogP contribution is 2.33. The monoisotopic (exact) mass is 244 g/mol. The van der Waals surface area contributed by atoms with E-state index in [0.717, 1.165) is 16.5 Å². The van der Waals surface area contributed by atoms with Crippen molar-refractivity contribution in [2.45, 2.75) is 0 Å². The Morgan fingerprint density at radius 1 is 1.44 bits per heavy atom. The average molecular weight is 244 g/mol. The third-order valence-electron chi connectivity index (χ3n) is 2.98. The van der Waals surface area contributed by atoms with Crippen LogP contribution in [0.4, 0.5) is 10.6 Å². The molecule has 0 saturated carbocycles. The normalized spacial score (nSPS) is 11.2. The summed E-state index contributed by atoms with van der Waals surface area (Å²) >= 11 is 0. The molecule has 2 N–H and O–H groups in total. The molecular formula is C12H12N4O2. The molecule has 2 aromatic heterocycles. The number of nitrogens with zero attached hydrogens (tertiary/aromatic N) is 3. The van der Waals surface area contributed by atoms with E-state index in [-0.39, 0.29) is 0 Å². The van der Waals surface area contributed by atoms with Crippen LogP contribution >= 0.6 is 0 Å². The molecule has 18 heavy (non-hydrogen) atoms. The molecule has 6 heteroatoms. The van der Waals surface area contributed by atoms with Crippen molar-refractivity contribution >= 4 is 33.9 Å². The molecule has 6 nitrogen and oxygen atoms in total. The Balaban J connectivity index is 2.38. The Kier molecular flexibility index (Phi) is 2.07. The first-order valence-corrected chi connectivity index (χ1v) is 5.47. The van der Waals surface area contributed by atoms with Gasteiger partial charge in [-0.2, -0.15) is 5.10 Å². The van der Waals surface area contributed by atoms with Crippen molar-refractivity contribution in [1.29, 1.82) is 0 Å². The fourth-order valence-electron chi connectivity index (χ4n) is 2.10. The standard InChI is InChI=1S/C12H12N4O2/c1-15(12(13)17)11-10-9(14-16(11)2)7-5-3-4-6-8(7)18-10/h3-6H,1-2H3,(H2,13,17). The summed E-state index contributed by atoms with van der Waals surface area (Å²) in [6.07, 6.45) is 0. The lowest BCUT2D eigenvalue weighted by Crippen LogP contribution is -2.33. The highest BCUT2D eigenvalue weighted by Gasteiger charge is 2.21. The number of aryl methyl sites for hydroxylation is 1. The van der Waals surface area contributed by atoms with Gasteiger partial charge in [-0.3, -0.25) is 4.90 Å². The lowest BCUT2D eigenvalue weighted by molar-refractivity contribution is 0.254. The van der Waals surface area contributed by atoms with Crippen molar-refractivity contribution in [3.63, 3.8) is 0 Å². The van der Waals surface area contributed by atoms with Gasteiger partial charge < -0.3 is 10.2 Å². The highest BCUT2D eigenvalue weighted by molar-refractivity contribution is 6.08. The van der Waals surface area contributed by atoms with Gasteiger partial charge in [-0.05, 0) is 12.1 Å². The van der Waals surface area contributed by atoms with Crippen LogP contribution in [-0.2, 0) is 7.05 Å². The maximum Gasteiger partial charge on any atom is 0.320 e. The summed E-state index contributed by atoms with van der Waals surface area (Å²) in [5.74, 6) is 0.550. The molecule has 2 heterocycles. The van der Waals surface area contributed by atoms with Crippen LogP contribution in [-0.4, -0.2) is 22.9 Å². The number of benzene rings is 1. The van der Waals surface area contributed by atoms with Gasteiger partial charge >= 0.3 is 6.03 Å². The van der Waals surface area contributed by atoms with Crippen LogP contribution < -0.4 is 10.6 Å². The first-order valence-electron chi connectivity index (χ1n) is 5.47. The zero-order valence-electron chi connectivity index (χ0n) is 10.0. The molecule has 0 spiro atoms. The predicted octanol–water partition coefficient (Wildman–Crippen LogP) is 1.83. The van der Waals surface area contributed by atoms with Crippen LogP contribution in [0.2, 0.25) is 0 Å². The van der Waals surface area contributed by atoms with Crippen LogP contribution in [0.3, 0.4) is 0 Å². The Morgan fingerprint density at radius 3 is 2.89 bits per heavy atom. The van der Waals surface area contributed by atoms with E-state index in [2.05, 4.69) is 5.10 Å². The van der Waals surface area contributed by atoms with E-state index < -0.39 is 6.03 Å². The molecule has 0 unspecified atom stereocenters. The first-order chi connectivity index (χ1) is 8.59. The first kappa shape index (κ1) is 10.6. The molecular weight excluding hydrogens is 232 g/mol. The lowest BCUT2D eigenvalue weighted by atomic mass is 10.2. The molecule has 0 aliphatic carbocycles. The van der Waals surface area contributed by atoms with Crippen LogP contribution in [0.1, 0.15) is 0 Å². The molecule has 0 radical (unpaired) electrons. The van der Waals surface area contributed by atoms with Gasteiger partial charge in [-0.25, -0.2) is 9.48 Å². The predicted molar refractivity (Wildman–Crippen MR) is 68.5 cm³/mol. The van der Waals surface area contributed by atoms with Crippen LogP contribution in [0.5, 0.6) is 0 Å². The maximum atomic E-state index is 11.3. The van der Waals surface area contributed by atoms with Gasteiger partial charge in [0, 0.05) is 19.5 Å². The zero-order valence-corrected chi connectivity index (χ0v) is 10.0. The van der Waals surface area contributed by atoms with E-state index >= 15 is 0 Å². The van der Waals surface area contributed by atoms with E-state index in [4.69, 9.17) is 10.2 Å². The number of carbonyl (C=O) groups is 1. The lowest BCUT2D eigenvalue weighted by Gasteiger charge is -2.13. The van der Waals surface area contributed by atoms with Crippen LogP contribution in [0, 0.1) is 0 Å². The largest absolute Gasteiger partial charge is 0.450 e. The smallest absolute Gasteiger partial charge is 0.320 e. The highest BCUT2D eigenvalue weighted by atomic mass is 16.3. The molecule has 0 bridgehead atoms. The van der Waals surface area contributed by atoms with E-state index in [9.17, 15) is 4.79 Å². The van der Waals surface area contributed by atoms with Gasteiger partial charge in [0.25, 0.3) is 0 Å². The molecule has 0 atom stereocenters. The molecule has 3 aromatic rings. The van der Waals surface area contributed by atoms with Crippen molar-refractivity contribution in [2.24, 2.45) is 12.8 Å². The summed E-state index contributed by atoms with van der Waals surface area (Å²) in [5.41, 5.74) is 7.33. The Labute approximate surface area is 103 Å². The number of anilines is 1. The van der Waals surface area contributed by atoms with Crippen LogP contribution in [0.15, 0.2) is 28.7 Å². The molecule has 1 aromatic carbocycles. The van der Waals surface area contributed by atoms with Gasteiger partial charge in [0.2, 0.25) is 0 Å². The van der Waals surface area contributed by atoms with Crippen LogP contribution in [0.25, 0.3) is 22.1 Å². The molecule has 3 rings (SSSR count). The molecule has 2 amide bonds. The third-order valence-corrected chi connectivity index (χ3v) is 2.98. The van der Waals surface area contributed by atoms with Gasteiger partial charge in [0.05, 0.1) is 0 Å². The molecule has 0 aliphatic rings. The van der Waals surface area contributed by atoms with Crippen molar-refractivity contribution in [3.8, 4) is 0 Å². The molecule has 0 fully saturated rings. The third kappa shape index (κ3) is 1.29. The Morgan fingerprint density at radius 2 is 2.17 bits per heavy atom. The van der Waals surface area contributed by atoms with E-state index in [0.29, 0.717) is 11.4 Å². The number of hydrogen-bond acceptors (Lipinski definition) is 3. The summed E-state index contributed by atoms with van der Waals surface area (Å²) in [4.78, 5) is 12.6. The Bertz CT molecular complexity index is 756. The number of primary amides is 1. The average Bonchev–Trinajstić information content (AvgIpc) is 2.83. The van der Waals surface area contributed by atoms with Gasteiger partial charge in [0.15, 0.2) is 11.4 Å². The number of aromatic nitrogens is 2. The van der Waals surface area contributed by atoms with Crippen molar-refractivity contribution in [3.05, 3.63) is 24.3 Å². The molecule has 0 aliphatic heterocycles. The van der Waals surface area contributed by atoms with Gasteiger partial charge in [0.1, 0.15) is 11.1 Å². The second-order valence-electron chi connectivity index (χ2n) is 4.12. The summed E-state index contributed by atoms with van der Waals surface area (Å²) in [6, 6.07) is 7.05. The number of nitrogens with two attached hydrogens (primary N) is 1. The minimum absolute atomic E-state index is 0.550.